The second-order valence-electron chi connectivity index (χ2n) is 6.74. The highest BCUT2D eigenvalue weighted by Gasteiger charge is 2.40. The summed E-state index contributed by atoms with van der Waals surface area (Å²) in [6.45, 7) is 8.61. The highest BCUT2D eigenvalue weighted by molar-refractivity contribution is 5.76. The quantitative estimate of drug-likeness (QED) is 0.765. The molecule has 0 fully saturated rings. The Labute approximate surface area is 109 Å². The molecule has 1 aromatic carbocycles. The zero-order valence-corrected chi connectivity index (χ0v) is 11.6. The third kappa shape index (κ3) is 2.24. The van der Waals surface area contributed by atoms with E-state index in [1.165, 1.54) is 0 Å². The molecule has 1 aromatic rings. The van der Waals surface area contributed by atoms with Crippen LogP contribution in [0.2, 0.25) is 0 Å². The van der Waals surface area contributed by atoms with E-state index in [-0.39, 0.29) is 16.6 Å². The lowest BCUT2D eigenvalue weighted by Crippen LogP contribution is -2.30. The van der Waals surface area contributed by atoms with Crippen LogP contribution < -0.4 is 0 Å². The van der Waals surface area contributed by atoms with Crippen LogP contribution in [0.1, 0.15) is 46.1 Å². The van der Waals surface area contributed by atoms with Crippen molar-refractivity contribution in [1.82, 2.24) is 0 Å². The number of rotatable bonds is 1. The average Bonchev–Trinajstić information content (AvgIpc) is 2.16. The summed E-state index contributed by atoms with van der Waals surface area (Å²) >= 11 is 0. The van der Waals surface area contributed by atoms with E-state index >= 15 is 0 Å². The molecular formula is C16H22O2. The normalized spacial score (nSPS) is 22.0. The molecule has 0 radical (unpaired) electrons. The Morgan fingerprint density at radius 3 is 2.17 bits per heavy atom. The molecule has 18 heavy (non-hydrogen) atoms. The summed E-state index contributed by atoms with van der Waals surface area (Å²) < 4.78 is 0. The molecule has 2 rings (SSSR count). The molecule has 0 aromatic heterocycles. The summed E-state index contributed by atoms with van der Waals surface area (Å²) in [4.78, 5) is 0. The Kier molecular flexibility index (Phi) is 2.92. The Morgan fingerprint density at radius 2 is 1.61 bits per heavy atom. The molecule has 0 atom stereocenters. The summed E-state index contributed by atoms with van der Waals surface area (Å²) in [6.07, 6.45) is 1.66. The molecule has 0 bridgehead atoms. The molecule has 0 heterocycles. The predicted molar refractivity (Wildman–Crippen MR) is 74.5 cm³/mol. The van der Waals surface area contributed by atoms with Crippen molar-refractivity contribution in [3.8, 4) is 5.75 Å². The summed E-state index contributed by atoms with van der Waals surface area (Å²) in [7, 11) is 0. The smallest absolute Gasteiger partial charge is 0.123 e. The van der Waals surface area contributed by atoms with Gasteiger partial charge in [-0.1, -0.05) is 45.9 Å². The molecule has 2 heteroatoms. The van der Waals surface area contributed by atoms with Crippen molar-refractivity contribution < 1.29 is 10.2 Å². The van der Waals surface area contributed by atoms with Crippen molar-refractivity contribution >= 4 is 5.57 Å². The van der Waals surface area contributed by atoms with Gasteiger partial charge >= 0.3 is 0 Å². The van der Waals surface area contributed by atoms with Gasteiger partial charge in [-0.25, -0.2) is 0 Å². The lowest BCUT2D eigenvalue weighted by atomic mass is 9.63. The standard InChI is InChI=1S/C16H22O2/c1-15(2)9-13(18)14(16(3,4)10-15)11-7-5-6-8-12(11)17/h5-8,17-18H,9-10H2,1-4H3. The van der Waals surface area contributed by atoms with E-state index in [1.54, 1.807) is 12.1 Å². The molecule has 0 saturated heterocycles. The second kappa shape index (κ2) is 4.04. The fourth-order valence-electron chi connectivity index (χ4n) is 3.48. The van der Waals surface area contributed by atoms with E-state index in [9.17, 15) is 10.2 Å². The van der Waals surface area contributed by atoms with E-state index in [0.717, 1.165) is 17.6 Å². The number of aliphatic hydroxyl groups is 1. The van der Waals surface area contributed by atoms with Crippen molar-refractivity contribution in [2.45, 2.75) is 40.5 Å². The first-order valence-corrected chi connectivity index (χ1v) is 6.44. The molecule has 0 amide bonds. The van der Waals surface area contributed by atoms with Crippen molar-refractivity contribution in [3.05, 3.63) is 35.6 Å². The molecule has 2 nitrogen and oxygen atoms in total. The van der Waals surface area contributed by atoms with E-state index in [1.807, 2.05) is 12.1 Å². The molecule has 1 aliphatic rings. The van der Waals surface area contributed by atoms with Gasteiger partial charge in [0, 0.05) is 17.6 Å². The first-order valence-electron chi connectivity index (χ1n) is 6.44. The highest BCUT2D eigenvalue weighted by Crippen LogP contribution is 2.53. The van der Waals surface area contributed by atoms with Crippen LogP contribution >= 0.6 is 0 Å². The number of para-hydroxylation sites is 1. The summed E-state index contributed by atoms with van der Waals surface area (Å²) in [5, 5.41) is 20.4. The topological polar surface area (TPSA) is 40.5 Å². The van der Waals surface area contributed by atoms with E-state index < -0.39 is 0 Å². The van der Waals surface area contributed by atoms with Gasteiger partial charge in [0.15, 0.2) is 0 Å². The fourth-order valence-corrected chi connectivity index (χ4v) is 3.48. The molecule has 1 aliphatic carbocycles. The zero-order chi connectivity index (χ0) is 13.6. The Balaban J connectivity index is 2.59. The Morgan fingerprint density at radius 1 is 1.00 bits per heavy atom. The van der Waals surface area contributed by atoms with Crippen LogP contribution in [0.15, 0.2) is 30.0 Å². The van der Waals surface area contributed by atoms with Gasteiger partial charge in [-0.3, -0.25) is 0 Å². The number of aromatic hydroxyl groups is 1. The number of allylic oxidation sites excluding steroid dienone is 2. The monoisotopic (exact) mass is 246 g/mol. The van der Waals surface area contributed by atoms with Crippen LogP contribution in [0, 0.1) is 10.8 Å². The molecule has 98 valence electrons. The maximum Gasteiger partial charge on any atom is 0.123 e. The van der Waals surface area contributed by atoms with Crippen LogP contribution in [0.25, 0.3) is 5.57 Å². The van der Waals surface area contributed by atoms with Crippen molar-refractivity contribution in [1.29, 1.82) is 0 Å². The summed E-state index contributed by atoms with van der Waals surface area (Å²) in [6, 6.07) is 7.24. The maximum absolute atomic E-state index is 10.4. The number of benzene rings is 1. The number of hydrogen-bond acceptors (Lipinski definition) is 2. The van der Waals surface area contributed by atoms with Gasteiger partial charge in [0.1, 0.15) is 5.75 Å². The van der Waals surface area contributed by atoms with Gasteiger partial charge in [-0.2, -0.15) is 0 Å². The minimum atomic E-state index is -0.134. The van der Waals surface area contributed by atoms with Gasteiger partial charge in [0.05, 0.1) is 5.76 Å². The summed E-state index contributed by atoms with van der Waals surface area (Å²) in [5.41, 5.74) is 1.61. The number of hydrogen-bond donors (Lipinski definition) is 2. The van der Waals surface area contributed by atoms with Crippen molar-refractivity contribution in [2.24, 2.45) is 10.8 Å². The van der Waals surface area contributed by atoms with Gasteiger partial charge in [-0.05, 0) is 23.3 Å². The van der Waals surface area contributed by atoms with Crippen LogP contribution in [-0.2, 0) is 0 Å². The van der Waals surface area contributed by atoms with Crippen LogP contribution in [-0.4, -0.2) is 10.2 Å². The van der Waals surface area contributed by atoms with Gasteiger partial charge in [0.25, 0.3) is 0 Å². The minimum absolute atomic E-state index is 0.0987. The SMILES string of the molecule is CC1(C)CC(O)=C(c2ccccc2O)C(C)(C)C1. The Bertz CT molecular complexity index is 496. The summed E-state index contributed by atoms with van der Waals surface area (Å²) in [5.74, 6) is 0.657. The van der Waals surface area contributed by atoms with E-state index in [2.05, 4.69) is 27.7 Å². The fraction of sp³-hybridized carbons (Fsp3) is 0.500. The van der Waals surface area contributed by atoms with Crippen LogP contribution in [0.4, 0.5) is 0 Å². The number of aliphatic hydroxyl groups excluding tert-OH is 1. The average molecular weight is 246 g/mol. The van der Waals surface area contributed by atoms with Gasteiger partial charge < -0.3 is 10.2 Å². The highest BCUT2D eigenvalue weighted by atomic mass is 16.3. The second-order valence-corrected chi connectivity index (χ2v) is 6.74. The predicted octanol–water partition coefficient (Wildman–Crippen LogP) is 4.51. The van der Waals surface area contributed by atoms with E-state index in [0.29, 0.717) is 12.2 Å². The van der Waals surface area contributed by atoms with E-state index in [4.69, 9.17) is 0 Å². The maximum atomic E-state index is 10.4. The lowest BCUT2D eigenvalue weighted by Gasteiger charge is -2.42. The molecule has 2 N–H and O–H groups in total. The molecular weight excluding hydrogens is 224 g/mol. The van der Waals surface area contributed by atoms with Crippen molar-refractivity contribution in [3.63, 3.8) is 0 Å². The zero-order valence-electron chi connectivity index (χ0n) is 11.6. The third-order valence-corrected chi connectivity index (χ3v) is 3.71. The number of phenolic OH excluding ortho intramolecular Hbond substituents is 1. The van der Waals surface area contributed by atoms with Crippen molar-refractivity contribution in [2.75, 3.05) is 0 Å². The largest absolute Gasteiger partial charge is 0.512 e. The lowest BCUT2D eigenvalue weighted by molar-refractivity contribution is 0.184. The first-order chi connectivity index (χ1) is 8.23. The van der Waals surface area contributed by atoms with Gasteiger partial charge in [0.2, 0.25) is 0 Å². The molecule has 0 spiro atoms. The van der Waals surface area contributed by atoms with Crippen LogP contribution in [0.3, 0.4) is 0 Å². The van der Waals surface area contributed by atoms with Crippen LogP contribution in [0.5, 0.6) is 5.75 Å². The van der Waals surface area contributed by atoms with Gasteiger partial charge in [-0.15, -0.1) is 0 Å². The molecule has 0 saturated carbocycles. The molecule has 0 unspecified atom stereocenters. The third-order valence-electron chi connectivity index (χ3n) is 3.71. The first kappa shape index (κ1) is 13.0. The number of phenols is 1. The minimum Gasteiger partial charge on any atom is -0.512 e. The Hall–Kier alpha value is -1.44. The molecule has 0 aliphatic heterocycles.